The predicted molar refractivity (Wildman–Crippen MR) is 84.6 cm³/mol. The molecule has 1 aliphatic rings. The summed E-state index contributed by atoms with van der Waals surface area (Å²) in [7, 11) is 0. The molecule has 114 valence electrons. The summed E-state index contributed by atoms with van der Waals surface area (Å²) in [5, 5.41) is 14.3. The Bertz CT molecular complexity index is 705. The van der Waals surface area contributed by atoms with Crippen LogP contribution >= 0.6 is 0 Å². The Hall–Kier alpha value is -2.36. The molecule has 3 rings (SSSR count). The van der Waals surface area contributed by atoms with Gasteiger partial charge in [-0.05, 0) is 29.2 Å². The molecule has 2 N–H and O–H groups in total. The molecule has 0 radical (unpaired) electrons. The second-order valence-electron chi connectivity index (χ2n) is 5.86. The first-order valence-electron chi connectivity index (χ1n) is 7.64. The largest absolute Gasteiger partial charge is 0.481 e. The van der Waals surface area contributed by atoms with Crippen molar-refractivity contribution in [1.29, 1.82) is 0 Å². The van der Waals surface area contributed by atoms with Gasteiger partial charge in [-0.25, -0.2) is 0 Å². The molecule has 0 spiro atoms. The van der Waals surface area contributed by atoms with E-state index in [-0.39, 0.29) is 18.4 Å². The number of carboxylic acids is 1. The van der Waals surface area contributed by atoms with E-state index < -0.39 is 11.9 Å². The summed E-state index contributed by atoms with van der Waals surface area (Å²) in [6.45, 7) is 0. The summed E-state index contributed by atoms with van der Waals surface area (Å²) < 4.78 is 0. The Morgan fingerprint density at radius 3 is 2.68 bits per heavy atom. The van der Waals surface area contributed by atoms with Crippen molar-refractivity contribution in [3.63, 3.8) is 0 Å². The van der Waals surface area contributed by atoms with Gasteiger partial charge in [-0.15, -0.1) is 0 Å². The minimum Gasteiger partial charge on any atom is -0.481 e. The molecule has 0 heterocycles. The third-order valence-electron chi connectivity index (χ3n) is 4.41. The van der Waals surface area contributed by atoms with Crippen LogP contribution in [-0.4, -0.2) is 23.0 Å². The Morgan fingerprint density at radius 1 is 1.09 bits per heavy atom. The molecular formula is C18H19NO3. The van der Waals surface area contributed by atoms with Gasteiger partial charge in [0.25, 0.3) is 0 Å². The third kappa shape index (κ3) is 2.96. The predicted octanol–water partition coefficient (Wildman–Crippen LogP) is 2.75. The molecule has 1 fully saturated rings. The number of carbonyl (C=O) groups excluding carboxylic acids is 1. The molecule has 2 atom stereocenters. The van der Waals surface area contributed by atoms with Crippen molar-refractivity contribution in [1.82, 2.24) is 5.32 Å². The second-order valence-corrected chi connectivity index (χ2v) is 5.86. The van der Waals surface area contributed by atoms with Crippen LogP contribution in [0.4, 0.5) is 0 Å². The number of aliphatic carboxylic acids is 1. The van der Waals surface area contributed by atoms with Gasteiger partial charge in [-0.2, -0.15) is 0 Å². The molecule has 2 aromatic carbocycles. The quantitative estimate of drug-likeness (QED) is 0.912. The van der Waals surface area contributed by atoms with Crippen LogP contribution in [0.1, 0.15) is 24.8 Å². The van der Waals surface area contributed by atoms with Gasteiger partial charge in [0.05, 0.1) is 12.3 Å². The van der Waals surface area contributed by atoms with Crippen molar-refractivity contribution >= 4 is 22.6 Å². The molecule has 1 saturated carbocycles. The number of hydrogen-bond donors (Lipinski definition) is 2. The van der Waals surface area contributed by atoms with Crippen LogP contribution in [0, 0.1) is 5.92 Å². The lowest BCUT2D eigenvalue weighted by Crippen LogP contribution is -2.40. The van der Waals surface area contributed by atoms with Gasteiger partial charge in [-0.1, -0.05) is 48.9 Å². The van der Waals surface area contributed by atoms with Gasteiger partial charge in [0, 0.05) is 6.04 Å². The zero-order valence-corrected chi connectivity index (χ0v) is 12.3. The lowest BCUT2D eigenvalue weighted by molar-refractivity contribution is -0.142. The molecule has 0 aliphatic heterocycles. The fourth-order valence-electron chi connectivity index (χ4n) is 3.31. The second kappa shape index (κ2) is 6.18. The van der Waals surface area contributed by atoms with E-state index in [0.29, 0.717) is 6.42 Å². The number of amides is 1. The summed E-state index contributed by atoms with van der Waals surface area (Å²) in [6, 6.07) is 13.6. The third-order valence-corrected chi connectivity index (χ3v) is 4.41. The van der Waals surface area contributed by atoms with Gasteiger partial charge < -0.3 is 10.4 Å². The molecule has 0 unspecified atom stereocenters. The topological polar surface area (TPSA) is 66.4 Å². The summed E-state index contributed by atoms with van der Waals surface area (Å²) in [5.41, 5.74) is 0.973. The molecule has 1 aliphatic carbocycles. The summed E-state index contributed by atoms with van der Waals surface area (Å²) in [4.78, 5) is 23.5. The molecule has 2 aromatic rings. The maximum Gasteiger partial charge on any atom is 0.308 e. The molecule has 0 saturated heterocycles. The van der Waals surface area contributed by atoms with Crippen molar-refractivity contribution in [3.05, 3.63) is 48.0 Å². The van der Waals surface area contributed by atoms with E-state index in [1.54, 1.807) is 0 Å². The smallest absolute Gasteiger partial charge is 0.308 e. The van der Waals surface area contributed by atoms with Crippen LogP contribution in [-0.2, 0) is 16.0 Å². The van der Waals surface area contributed by atoms with Crippen molar-refractivity contribution in [3.8, 4) is 0 Å². The van der Waals surface area contributed by atoms with Gasteiger partial charge >= 0.3 is 5.97 Å². The highest BCUT2D eigenvalue weighted by atomic mass is 16.4. The normalized spacial score (nSPS) is 20.9. The van der Waals surface area contributed by atoms with Gasteiger partial charge in [0.2, 0.25) is 5.91 Å². The first-order valence-corrected chi connectivity index (χ1v) is 7.64. The highest BCUT2D eigenvalue weighted by Gasteiger charge is 2.33. The fraction of sp³-hybridized carbons (Fsp3) is 0.333. The average molecular weight is 297 g/mol. The van der Waals surface area contributed by atoms with E-state index in [4.69, 9.17) is 0 Å². The molecule has 1 amide bonds. The molecule has 0 aromatic heterocycles. The van der Waals surface area contributed by atoms with Crippen molar-refractivity contribution < 1.29 is 14.7 Å². The maximum atomic E-state index is 12.3. The van der Waals surface area contributed by atoms with E-state index in [2.05, 4.69) is 5.32 Å². The lowest BCUT2D eigenvalue weighted by Gasteiger charge is -2.17. The van der Waals surface area contributed by atoms with E-state index in [9.17, 15) is 14.7 Å². The summed E-state index contributed by atoms with van der Waals surface area (Å²) >= 11 is 0. The van der Waals surface area contributed by atoms with Crippen LogP contribution in [0.15, 0.2) is 42.5 Å². The van der Waals surface area contributed by atoms with Gasteiger partial charge in [-0.3, -0.25) is 9.59 Å². The summed E-state index contributed by atoms with van der Waals surface area (Å²) in [6.07, 6.45) is 2.53. The maximum absolute atomic E-state index is 12.3. The number of hydrogen-bond acceptors (Lipinski definition) is 2. The highest BCUT2D eigenvalue weighted by molar-refractivity contribution is 5.90. The average Bonchev–Trinajstić information content (AvgIpc) is 2.96. The number of nitrogens with one attached hydrogen (secondary N) is 1. The SMILES string of the molecule is O=C(Cc1cccc2ccccc12)N[C@H]1CCC[C@H]1C(=O)O. The molecule has 0 bridgehead atoms. The summed E-state index contributed by atoms with van der Waals surface area (Å²) in [5.74, 6) is -1.36. The molecule has 4 heteroatoms. The van der Waals surface area contributed by atoms with Crippen LogP contribution in [0.25, 0.3) is 10.8 Å². The van der Waals surface area contributed by atoms with Crippen LogP contribution in [0.5, 0.6) is 0 Å². The fourth-order valence-corrected chi connectivity index (χ4v) is 3.31. The number of rotatable bonds is 4. The number of fused-ring (bicyclic) bond motifs is 1. The first kappa shape index (κ1) is 14.6. The van der Waals surface area contributed by atoms with Crippen molar-refractivity contribution in [2.24, 2.45) is 5.92 Å². The Labute approximate surface area is 129 Å². The van der Waals surface area contributed by atoms with Crippen molar-refractivity contribution in [2.45, 2.75) is 31.7 Å². The lowest BCUT2D eigenvalue weighted by atomic mass is 10.0. The number of carboxylic acid groups (broad SMARTS) is 1. The first-order chi connectivity index (χ1) is 10.6. The Balaban J connectivity index is 1.72. The van der Waals surface area contributed by atoms with E-state index >= 15 is 0 Å². The number of carbonyl (C=O) groups is 2. The molecular weight excluding hydrogens is 278 g/mol. The minimum atomic E-state index is -0.812. The Morgan fingerprint density at radius 2 is 1.86 bits per heavy atom. The van der Waals surface area contributed by atoms with Crippen LogP contribution in [0.2, 0.25) is 0 Å². The van der Waals surface area contributed by atoms with Crippen molar-refractivity contribution in [2.75, 3.05) is 0 Å². The van der Waals surface area contributed by atoms with Crippen LogP contribution in [0.3, 0.4) is 0 Å². The van der Waals surface area contributed by atoms with Gasteiger partial charge in [0.15, 0.2) is 0 Å². The zero-order valence-electron chi connectivity index (χ0n) is 12.3. The molecule has 4 nitrogen and oxygen atoms in total. The minimum absolute atomic E-state index is 0.102. The number of benzene rings is 2. The molecule has 22 heavy (non-hydrogen) atoms. The monoisotopic (exact) mass is 297 g/mol. The van der Waals surface area contributed by atoms with Crippen LogP contribution < -0.4 is 5.32 Å². The Kier molecular flexibility index (Phi) is 4.09. The van der Waals surface area contributed by atoms with E-state index in [1.165, 1.54) is 0 Å². The highest BCUT2D eigenvalue weighted by Crippen LogP contribution is 2.26. The van der Waals surface area contributed by atoms with E-state index in [0.717, 1.165) is 29.2 Å². The van der Waals surface area contributed by atoms with E-state index in [1.807, 2.05) is 42.5 Å². The zero-order chi connectivity index (χ0) is 15.5. The standard InChI is InChI=1S/C18H19NO3/c20-17(19-16-10-4-9-15(16)18(21)22)11-13-7-3-6-12-5-1-2-8-14(12)13/h1-3,5-8,15-16H,4,9-11H2,(H,19,20)(H,21,22)/t15-,16+/m1/s1. The van der Waals surface area contributed by atoms with Gasteiger partial charge in [0.1, 0.15) is 0 Å².